The van der Waals surface area contributed by atoms with Crippen LogP contribution in [0.5, 0.6) is 11.5 Å². The van der Waals surface area contributed by atoms with Crippen molar-refractivity contribution in [3.63, 3.8) is 0 Å². The number of hydrogen-bond acceptors (Lipinski definition) is 3. The van der Waals surface area contributed by atoms with Crippen molar-refractivity contribution in [2.75, 3.05) is 19.5 Å². The van der Waals surface area contributed by atoms with Crippen molar-refractivity contribution in [2.24, 2.45) is 0 Å². The van der Waals surface area contributed by atoms with Gasteiger partial charge in [0.15, 0.2) is 11.5 Å². The van der Waals surface area contributed by atoms with Crippen LogP contribution < -0.4 is 14.8 Å². The second-order valence-electron chi connectivity index (χ2n) is 4.25. The largest absolute Gasteiger partial charge is 0.493 e. The van der Waals surface area contributed by atoms with Gasteiger partial charge < -0.3 is 14.8 Å². The predicted molar refractivity (Wildman–Crippen MR) is 80.9 cm³/mol. The summed E-state index contributed by atoms with van der Waals surface area (Å²) in [5.74, 6) is -0.130. The van der Waals surface area contributed by atoms with Crippen LogP contribution in [0.15, 0.2) is 34.8 Å². The van der Waals surface area contributed by atoms with Crippen molar-refractivity contribution in [1.82, 2.24) is 0 Å². The molecule has 21 heavy (non-hydrogen) atoms. The van der Waals surface area contributed by atoms with Crippen LogP contribution in [0.4, 0.5) is 14.5 Å². The van der Waals surface area contributed by atoms with Gasteiger partial charge in [-0.05, 0) is 28.1 Å². The topological polar surface area (TPSA) is 30.5 Å². The minimum absolute atomic E-state index is 0.196. The molecular weight excluding hydrogens is 344 g/mol. The maximum absolute atomic E-state index is 13.8. The molecule has 2 aromatic carbocycles. The van der Waals surface area contributed by atoms with E-state index in [1.54, 1.807) is 13.2 Å². The Morgan fingerprint density at radius 3 is 2.52 bits per heavy atom. The number of benzene rings is 2. The molecule has 0 saturated carbocycles. The lowest BCUT2D eigenvalue weighted by atomic mass is 10.1. The molecule has 0 aliphatic heterocycles. The first-order valence-electron chi connectivity index (χ1n) is 6.15. The summed E-state index contributed by atoms with van der Waals surface area (Å²) in [6, 6.07) is 7.46. The van der Waals surface area contributed by atoms with Crippen molar-refractivity contribution < 1.29 is 18.3 Å². The van der Waals surface area contributed by atoms with E-state index in [9.17, 15) is 8.78 Å². The lowest BCUT2D eigenvalue weighted by Crippen LogP contribution is -2.05. The molecule has 0 aliphatic rings. The number of methoxy groups -OCH3 is 2. The fraction of sp³-hybridized carbons (Fsp3) is 0.200. The van der Waals surface area contributed by atoms with E-state index in [-0.39, 0.29) is 5.69 Å². The standard InChI is InChI=1S/C15H14BrF2NO2/c1-20-13-5-3-4-9(15(13)21-2)8-19-14-11(16)6-10(17)7-12(14)18/h3-7,19H,8H2,1-2H3. The first-order chi connectivity index (χ1) is 10.1. The van der Waals surface area contributed by atoms with Gasteiger partial charge in [-0.25, -0.2) is 8.78 Å². The summed E-state index contributed by atoms with van der Waals surface area (Å²) in [6.45, 7) is 0.307. The van der Waals surface area contributed by atoms with Crippen LogP contribution in [0.25, 0.3) is 0 Å². The second-order valence-corrected chi connectivity index (χ2v) is 5.10. The second kappa shape index (κ2) is 6.76. The van der Waals surface area contributed by atoms with Crippen molar-refractivity contribution in [3.05, 3.63) is 52.0 Å². The lowest BCUT2D eigenvalue weighted by molar-refractivity contribution is 0.352. The monoisotopic (exact) mass is 357 g/mol. The molecule has 112 valence electrons. The molecule has 0 spiro atoms. The third-order valence-electron chi connectivity index (χ3n) is 2.95. The van der Waals surface area contributed by atoms with Crippen LogP contribution in [0.1, 0.15) is 5.56 Å². The van der Waals surface area contributed by atoms with Gasteiger partial charge in [-0.3, -0.25) is 0 Å². The predicted octanol–water partition coefficient (Wildman–Crippen LogP) is 4.36. The zero-order valence-electron chi connectivity index (χ0n) is 11.5. The maximum Gasteiger partial charge on any atom is 0.165 e. The van der Waals surface area contributed by atoms with E-state index in [0.29, 0.717) is 22.5 Å². The zero-order chi connectivity index (χ0) is 15.4. The smallest absolute Gasteiger partial charge is 0.165 e. The van der Waals surface area contributed by atoms with E-state index < -0.39 is 11.6 Å². The van der Waals surface area contributed by atoms with Crippen LogP contribution >= 0.6 is 15.9 Å². The van der Waals surface area contributed by atoms with Gasteiger partial charge in [0.05, 0.1) is 19.9 Å². The minimum atomic E-state index is -0.663. The minimum Gasteiger partial charge on any atom is -0.493 e. The number of rotatable bonds is 5. The molecule has 0 amide bonds. The highest BCUT2D eigenvalue weighted by Crippen LogP contribution is 2.32. The molecule has 0 unspecified atom stereocenters. The summed E-state index contributed by atoms with van der Waals surface area (Å²) >= 11 is 3.14. The fourth-order valence-electron chi connectivity index (χ4n) is 1.99. The number of nitrogens with one attached hydrogen (secondary N) is 1. The average Bonchev–Trinajstić information content (AvgIpc) is 2.45. The molecule has 2 rings (SSSR count). The molecule has 0 saturated heterocycles. The summed E-state index contributed by atoms with van der Waals surface area (Å²) in [4.78, 5) is 0. The zero-order valence-corrected chi connectivity index (χ0v) is 13.1. The molecular formula is C15H14BrF2NO2. The van der Waals surface area contributed by atoms with E-state index in [2.05, 4.69) is 21.2 Å². The number of ether oxygens (including phenoxy) is 2. The van der Waals surface area contributed by atoms with Crippen molar-refractivity contribution in [3.8, 4) is 11.5 Å². The van der Waals surface area contributed by atoms with E-state index in [1.165, 1.54) is 13.2 Å². The Hall–Kier alpha value is -1.82. The van der Waals surface area contributed by atoms with E-state index in [1.807, 2.05) is 12.1 Å². The summed E-state index contributed by atoms with van der Waals surface area (Å²) in [5, 5.41) is 2.93. The SMILES string of the molecule is COc1cccc(CNc2c(F)cc(F)cc2Br)c1OC. The van der Waals surface area contributed by atoms with Crippen LogP contribution in [0.3, 0.4) is 0 Å². The van der Waals surface area contributed by atoms with E-state index in [4.69, 9.17) is 9.47 Å². The Morgan fingerprint density at radius 1 is 1.14 bits per heavy atom. The first-order valence-corrected chi connectivity index (χ1v) is 6.94. The van der Waals surface area contributed by atoms with Gasteiger partial charge in [0, 0.05) is 22.6 Å². The van der Waals surface area contributed by atoms with Gasteiger partial charge in [0.1, 0.15) is 11.6 Å². The van der Waals surface area contributed by atoms with Crippen LogP contribution in [-0.2, 0) is 6.54 Å². The van der Waals surface area contributed by atoms with Crippen LogP contribution in [-0.4, -0.2) is 14.2 Å². The Labute approximate surface area is 130 Å². The highest BCUT2D eigenvalue weighted by Gasteiger charge is 2.12. The van der Waals surface area contributed by atoms with Gasteiger partial charge in [0.2, 0.25) is 0 Å². The highest BCUT2D eigenvalue weighted by molar-refractivity contribution is 9.10. The molecule has 0 heterocycles. The highest BCUT2D eigenvalue weighted by atomic mass is 79.9. The Balaban J connectivity index is 2.25. The summed E-state index contributed by atoms with van der Waals surface area (Å²) in [6.07, 6.45) is 0. The van der Waals surface area contributed by atoms with Gasteiger partial charge in [-0.15, -0.1) is 0 Å². The Bertz CT molecular complexity index is 627. The number of anilines is 1. The molecule has 6 heteroatoms. The van der Waals surface area contributed by atoms with Crippen molar-refractivity contribution >= 4 is 21.6 Å². The third-order valence-corrected chi connectivity index (χ3v) is 3.57. The van der Waals surface area contributed by atoms with Gasteiger partial charge >= 0.3 is 0 Å². The van der Waals surface area contributed by atoms with E-state index >= 15 is 0 Å². The molecule has 0 atom stereocenters. The number of hydrogen-bond donors (Lipinski definition) is 1. The molecule has 0 aromatic heterocycles. The molecule has 3 nitrogen and oxygen atoms in total. The third kappa shape index (κ3) is 3.44. The van der Waals surface area contributed by atoms with Crippen molar-refractivity contribution in [2.45, 2.75) is 6.54 Å². The van der Waals surface area contributed by atoms with Gasteiger partial charge in [-0.2, -0.15) is 0 Å². The molecule has 0 aliphatic carbocycles. The molecule has 1 N–H and O–H groups in total. The van der Waals surface area contributed by atoms with Crippen molar-refractivity contribution in [1.29, 1.82) is 0 Å². The van der Waals surface area contributed by atoms with Gasteiger partial charge in [-0.1, -0.05) is 12.1 Å². The van der Waals surface area contributed by atoms with E-state index in [0.717, 1.165) is 11.6 Å². The molecule has 0 radical (unpaired) electrons. The number of halogens is 3. The Morgan fingerprint density at radius 2 is 1.90 bits per heavy atom. The molecule has 0 bridgehead atoms. The average molecular weight is 358 g/mol. The van der Waals surface area contributed by atoms with Crippen LogP contribution in [0.2, 0.25) is 0 Å². The van der Waals surface area contributed by atoms with Gasteiger partial charge in [0.25, 0.3) is 0 Å². The summed E-state index contributed by atoms with van der Waals surface area (Å²) in [5.41, 5.74) is 0.994. The molecule has 2 aromatic rings. The summed E-state index contributed by atoms with van der Waals surface area (Å²) in [7, 11) is 3.08. The first kappa shape index (κ1) is 15.6. The molecule has 0 fully saturated rings. The lowest BCUT2D eigenvalue weighted by Gasteiger charge is -2.14. The number of para-hydroxylation sites is 1. The van der Waals surface area contributed by atoms with Crippen LogP contribution in [0, 0.1) is 11.6 Å². The summed E-state index contributed by atoms with van der Waals surface area (Å²) < 4.78 is 37.6. The maximum atomic E-state index is 13.8. The fourth-order valence-corrected chi connectivity index (χ4v) is 2.54. The quantitative estimate of drug-likeness (QED) is 0.862. The normalized spacial score (nSPS) is 10.3. The Kier molecular flexibility index (Phi) is 5.01.